The van der Waals surface area contributed by atoms with E-state index >= 15 is 0 Å². The molecule has 0 saturated heterocycles. The van der Waals surface area contributed by atoms with Crippen molar-refractivity contribution in [3.05, 3.63) is 11.3 Å². The smallest absolute Gasteiger partial charge is 0.356 e. The van der Waals surface area contributed by atoms with E-state index in [2.05, 4.69) is 5.10 Å². The van der Waals surface area contributed by atoms with Crippen molar-refractivity contribution in [2.75, 3.05) is 5.73 Å². The summed E-state index contributed by atoms with van der Waals surface area (Å²) in [4.78, 5) is 11.2. The third-order valence-electron chi connectivity index (χ3n) is 3.69. The van der Waals surface area contributed by atoms with Crippen LogP contribution in [0.2, 0.25) is 0 Å². The number of carboxylic acids is 1. The van der Waals surface area contributed by atoms with Gasteiger partial charge in [0.05, 0.1) is 6.04 Å². The molecule has 0 unspecified atom stereocenters. The highest BCUT2D eigenvalue weighted by molar-refractivity contribution is 5.89. The van der Waals surface area contributed by atoms with Crippen molar-refractivity contribution in [3.8, 4) is 0 Å². The molecule has 0 atom stereocenters. The summed E-state index contributed by atoms with van der Waals surface area (Å²) in [5.41, 5.74) is 6.90. The van der Waals surface area contributed by atoms with Gasteiger partial charge in [0.2, 0.25) is 0 Å². The molecule has 0 bridgehead atoms. The predicted octanol–water partition coefficient (Wildman–Crippen LogP) is 2.79. The zero-order chi connectivity index (χ0) is 13.3. The summed E-state index contributed by atoms with van der Waals surface area (Å²) in [5.74, 6) is -0.372. The maximum atomic E-state index is 11.2. The summed E-state index contributed by atoms with van der Waals surface area (Å²) in [6, 6.07) is 0.268. The summed E-state index contributed by atoms with van der Waals surface area (Å²) in [6.45, 7) is 3.90. The van der Waals surface area contributed by atoms with Crippen LogP contribution in [-0.2, 0) is 0 Å². The lowest BCUT2D eigenvalue weighted by Crippen LogP contribution is -2.16. The SMILES string of the molecule is CC(C)c1c(C(=O)O)nn(C2CCCCC2)c1N. The Morgan fingerprint density at radius 3 is 2.44 bits per heavy atom. The van der Waals surface area contributed by atoms with E-state index in [-0.39, 0.29) is 17.7 Å². The molecule has 100 valence electrons. The number of hydrogen-bond donors (Lipinski definition) is 2. The van der Waals surface area contributed by atoms with Crippen molar-refractivity contribution in [1.29, 1.82) is 0 Å². The van der Waals surface area contributed by atoms with E-state index < -0.39 is 5.97 Å². The standard InChI is InChI=1S/C13H21N3O2/c1-8(2)10-11(13(17)18)15-16(12(10)14)9-6-4-3-5-7-9/h8-9H,3-7,14H2,1-2H3,(H,17,18). The molecule has 18 heavy (non-hydrogen) atoms. The number of rotatable bonds is 3. The first-order valence-electron chi connectivity index (χ1n) is 6.63. The first-order chi connectivity index (χ1) is 8.52. The largest absolute Gasteiger partial charge is 0.476 e. The highest BCUT2D eigenvalue weighted by Gasteiger charge is 2.27. The molecule has 0 aliphatic heterocycles. The Hall–Kier alpha value is -1.52. The van der Waals surface area contributed by atoms with Crippen molar-refractivity contribution in [1.82, 2.24) is 9.78 Å². The fraction of sp³-hybridized carbons (Fsp3) is 0.692. The van der Waals surface area contributed by atoms with Gasteiger partial charge in [0.25, 0.3) is 0 Å². The van der Waals surface area contributed by atoms with Crippen LogP contribution in [0.4, 0.5) is 5.82 Å². The van der Waals surface area contributed by atoms with Gasteiger partial charge in [-0.25, -0.2) is 9.48 Å². The van der Waals surface area contributed by atoms with E-state index in [0.717, 1.165) is 12.8 Å². The normalized spacial score (nSPS) is 17.3. The molecule has 1 aromatic rings. The fourth-order valence-electron chi connectivity index (χ4n) is 2.79. The summed E-state index contributed by atoms with van der Waals surface area (Å²) in [6.07, 6.45) is 5.68. The maximum absolute atomic E-state index is 11.2. The van der Waals surface area contributed by atoms with Gasteiger partial charge in [-0.2, -0.15) is 5.10 Å². The Labute approximate surface area is 107 Å². The number of carbonyl (C=O) groups is 1. The minimum absolute atomic E-state index is 0.0773. The molecule has 1 aliphatic rings. The van der Waals surface area contributed by atoms with Gasteiger partial charge in [0.1, 0.15) is 5.82 Å². The van der Waals surface area contributed by atoms with Gasteiger partial charge >= 0.3 is 5.97 Å². The average Bonchev–Trinajstić information content (AvgIpc) is 2.68. The highest BCUT2D eigenvalue weighted by atomic mass is 16.4. The summed E-state index contributed by atoms with van der Waals surface area (Å²) < 4.78 is 1.75. The van der Waals surface area contributed by atoms with Gasteiger partial charge < -0.3 is 10.8 Å². The lowest BCUT2D eigenvalue weighted by atomic mass is 9.95. The molecule has 5 heteroatoms. The number of aromatic carboxylic acids is 1. The van der Waals surface area contributed by atoms with Crippen LogP contribution in [0.15, 0.2) is 0 Å². The van der Waals surface area contributed by atoms with Crippen molar-refractivity contribution in [2.24, 2.45) is 0 Å². The number of nitrogens with two attached hydrogens (primary N) is 1. The molecule has 3 N–H and O–H groups in total. The van der Waals surface area contributed by atoms with Gasteiger partial charge in [0.15, 0.2) is 5.69 Å². The molecule has 1 heterocycles. The number of anilines is 1. The van der Waals surface area contributed by atoms with Crippen molar-refractivity contribution >= 4 is 11.8 Å². The number of aromatic nitrogens is 2. The number of carboxylic acid groups (broad SMARTS) is 1. The topological polar surface area (TPSA) is 81.1 Å². The molecule has 1 aromatic heterocycles. The summed E-state index contributed by atoms with van der Waals surface area (Å²) >= 11 is 0. The lowest BCUT2D eigenvalue weighted by molar-refractivity contribution is 0.0687. The van der Waals surface area contributed by atoms with E-state index in [1.54, 1.807) is 4.68 Å². The van der Waals surface area contributed by atoms with E-state index in [4.69, 9.17) is 5.73 Å². The van der Waals surface area contributed by atoms with E-state index in [1.165, 1.54) is 19.3 Å². The van der Waals surface area contributed by atoms with E-state index in [9.17, 15) is 9.90 Å². The third-order valence-corrected chi connectivity index (χ3v) is 3.69. The van der Waals surface area contributed by atoms with Crippen molar-refractivity contribution in [2.45, 2.75) is 57.9 Å². The van der Waals surface area contributed by atoms with Gasteiger partial charge in [-0.05, 0) is 18.8 Å². The fourth-order valence-corrected chi connectivity index (χ4v) is 2.79. The van der Waals surface area contributed by atoms with Crippen LogP contribution >= 0.6 is 0 Å². The number of nitrogen functional groups attached to an aromatic ring is 1. The molecule has 0 aromatic carbocycles. The molecule has 0 spiro atoms. The minimum Gasteiger partial charge on any atom is -0.476 e. The Bertz CT molecular complexity index is 445. The molecule has 1 aliphatic carbocycles. The molecule has 2 rings (SSSR count). The molecule has 0 radical (unpaired) electrons. The second-order valence-corrected chi connectivity index (χ2v) is 5.34. The second kappa shape index (κ2) is 5.00. The van der Waals surface area contributed by atoms with Crippen molar-refractivity contribution in [3.63, 3.8) is 0 Å². The van der Waals surface area contributed by atoms with Crippen LogP contribution in [0, 0.1) is 0 Å². The highest BCUT2D eigenvalue weighted by Crippen LogP contribution is 2.34. The van der Waals surface area contributed by atoms with Gasteiger partial charge in [0, 0.05) is 5.56 Å². The zero-order valence-electron chi connectivity index (χ0n) is 11.0. The second-order valence-electron chi connectivity index (χ2n) is 5.34. The third kappa shape index (κ3) is 2.21. The monoisotopic (exact) mass is 251 g/mol. The molecule has 1 fully saturated rings. The molecule has 0 amide bonds. The molecule has 1 saturated carbocycles. The number of hydrogen-bond acceptors (Lipinski definition) is 3. The van der Waals surface area contributed by atoms with Crippen LogP contribution in [0.1, 0.15) is 74.0 Å². The van der Waals surface area contributed by atoms with Crippen LogP contribution in [-0.4, -0.2) is 20.9 Å². The minimum atomic E-state index is -0.986. The van der Waals surface area contributed by atoms with Crippen LogP contribution in [0.3, 0.4) is 0 Å². The molecular weight excluding hydrogens is 230 g/mol. The van der Waals surface area contributed by atoms with E-state index in [1.807, 2.05) is 13.8 Å². The Kier molecular flexibility index (Phi) is 3.59. The van der Waals surface area contributed by atoms with E-state index in [0.29, 0.717) is 11.4 Å². The quantitative estimate of drug-likeness (QED) is 0.865. The first kappa shape index (κ1) is 12.9. The van der Waals surface area contributed by atoms with Crippen LogP contribution in [0.5, 0.6) is 0 Å². The van der Waals surface area contributed by atoms with Crippen LogP contribution in [0.25, 0.3) is 0 Å². The first-order valence-corrected chi connectivity index (χ1v) is 6.63. The Balaban J connectivity index is 2.42. The van der Waals surface area contributed by atoms with Gasteiger partial charge in [-0.3, -0.25) is 0 Å². The number of nitrogens with zero attached hydrogens (tertiary/aromatic N) is 2. The molecular formula is C13H21N3O2. The maximum Gasteiger partial charge on any atom is 0.356 e. The van der Waals surface area contributed by atoms with Gasteiger partial charge in [-0.15, -0.1) is 0 Å². The van der Waals surface area contributed by atoms with Gasteiger partial charge in [-0.1, -0.05) is 33.1 Å². The average molecular weight is 251 g/mol. The molecule has 5 nitrogen and oxygen atoms in total. The Morgan fingerprint density at radius 1 is 1.39 bits per heavy atom. The van der Waals surface area contributed by atoms with Crippen molar-refractivity contribution < 1.29 is 9.90 Å². The zero-order valence-corrected chi connectivity index (χ0v) is 11.0. The predicted molar refractivity (Wildman–Crippen MR) is 69.8 cm³/mol. The summed E-state index contributed by atoms with van der Waals surface area (Å²) in [7, 11) is 0. The lowest BCUT2D eigenvalue weighted by Gasteiger charge is -2.23. The summed E-state index contributed by atoms with van der Waals surface area (Å²) in [5, 5.41) is 13.5. The van der Waals surface area contributed by atoms with Crippen LogP contribution < -0.4 is 5.73 Å². The Morgan fingerprint density at radius 2 is 2.00 bits per heavy atom.